The lowest BCUT2D eigenvalue weighted by Gasteiger charge is -2.45. The third kappa shape index (κ3) is 3.74. The first kappa shape index (κ1) is 23.4. The molecule has 2 heterocycles. The number of sulfone groups is 1. The van der Waals surface area contributed by atoms with Gasteiger partial charge in [0.1, 0.15) is 11.4 Å². The monoisotopic (exact) mass is 482 g/mol. The van der Waals surface area contributed by atoms with Gasteiger partial charge in [0, 0.05) is 29.5 Å². The zero-order chi connectivity index (χ0) is 24.6. The number of benzene rings is 1. The molecule has 1 atom stereocenters. The lowest BCUT2D eigenvalue weighted by molar-refractivity contribution is -0.141. The Morgan fingerprint density at radius 1 is 1.12 bits per heavy atom. The predicted molar refractivity (Wildman–Crippen MR) is 114 cm³/mol. The summed E-state index contributed by atoms with van der Waals surface area (Å²) in [6, 6.07) is 5.41. The Hall–Kier alpha value is -2.75. The van der Waals surface area contributed by atoms with E-state index in [1.54, 1.807) is 0 Å². The van der Waals surface area contributed by atoms with E-state index in [-0.39, 0.29) is 34.1 Å². The van der Waals surface area contributed by atoms with Crippen LogP contribution in [0.1, 0.15) is 50.3 Å². The minimum Gasteiger partial charge on any atom is -0.343 e. The Labute approximate surface area is 188 Å². The van der Waals surface area contributed by atoms with Gasteiger partial charge in [-0.15, -0.1) is 0 Å². The molecule has 0 spiro atoms. The molecule has 176 valence electrons. The molecule has 2 aliphatic rings. The summed E-state index contributed by atoms with van der Waals surface area (Å²) >= 11 is 0. The molecule has 33 heavy (non-hydrogen) atoms. The van der Waals surface area contributed by atoms with Crippen molar-refractivity contribution in [1.82, 2.24) is 4.98 Å². The van der Waals surface area contributed by atoms with Gasteiger partial charge in [0.05, 0.1) is 16.5 Å². The van der Waals surface area contributed by atoms with E-state index in [2.05, 4.69) is 10.3 Å². The number of nitrogens with one attached hydrogen (secondary N) is 1. The first-order valence-electron chi connectivity index (χ1n) is 10.2. The van der Waals surface area contributed by atoms with Crippen molar-refractivity contribution in [1.29, 1.82) is 0 Å². The smallest absolute Gasteiger partial charge is 0.343 e. The Morgan fingerprint density at radius 2 is 1.79 bits per heavy atom. The molecule has 0 saturated heterocycles. The number of alkyl halides is 3. The Morgan fingerprint density at radius 3 is 2.39 bits per heavy atom. The molecule has 1 aliphatic carbocycles. The molecule has 0 amide bonds. The number of hydrogen-bond donors (Lipinski definition) is 1. The van der Waals surface area contributed by atoms with Crippen LogP contribution in [0.4, 0.5) is 23.4 Å². The third-order valence-corrected chi connectivity index (χ3v) is 7.41. The van der Waals surface area contributed by atoms with Crippen molar-refractivity contribution < 1.29 is 30.8 Å². The number of Topliss-reactive ketones (excluding diaryl/α,β-unsaturated/α-hetero) is 1. The first-order chi connectivity index (χ1) is 15.1. The molecule has 0 fully saturated rings. The van der Waals surface area contributed by atoms with Crippen LogP contribution in [0.15, 0.2) is 46.6 Å². The van der Waals surface area contributed by atoms with Gasteiger partial charge in [0.2, 0.25) is 0 Å². The third-order valence-electron chi connectivity index (χ3n) is 6.30. The molecular formula is C23H22F4N2O3S. The highest BCUT2D eigenvalue weighted by Crippen LogP contribution is 2.55. The van der Waals surface area contributed by atoms with E-state index in [1.165, 1.54) is 31.2 Å². The molecule has 0 saturated carbocycles. The molecule has 2 aromatic rings. The summed E-state index contributed by atoms with van der Waals surface area (Å²) < 4.78 is 81.4. The van der Waals surface area contributed by atoms with Gasteiger partial charge < -0.3 is 5.32 Å². The number of nitrogens with zero attached hydrogens (tertiary/aromatic N) is 1. The standard InChI is InChI=1S/C23H22F4N2O3S/c1-21(2)9-15-18(16(30)10-21)22(3,12-6-5-7-13(8-12)33(4,31)32)19-17(23(25,26)27)14(24)11-28-20(19)29-15/h5-8,11H,9-10H2,1-4H3,(H,28,29)/t22-/m1/s1. The van der Waals surface area contributed by atoms with E-state index in [0.29, 0.717) is 18.3 Å². The van der Waals surface area contributed by atoms with Gasteiger partial charge in [-0.05, 0) is 36.5 Å². The Balaban J connectivity index is 2.15. The average Bonchev–Trinajstić information content (AvgIpc) is 2.65. The van der Waals surface area contributed by atoms with Crippen LogP contribution in [0.25, 0.3) is 0 Å². The lowest BCUT2D eigenvalue weighted by atomic mass is 9.61. The fourth-order valence-corrected chi connectivity index (χ4v) is 5.62. The van der Waals surface area contributed by atoms with Crippen LogP contribution in [0.5, 0.6) is 0 Å². The van der Waals surface area contributed by atoms with Crippen LogP contribution in [-0.2, 0) is 26.2 Å². The fraction of sp³-hybridized carbons (Fsp3) is 0.391. The summed E-state index contributed by atoms with van der Waals surface area (Å²) in [6.45, 7) is 5.13. The Kier molecular flexibility index (Phi) is 5.05. The van der Waals surface area contributed by atoms with Crippen LogP contribution in [0.2, 0.25) is 0 Å². The van der Waals surface area contributed by atoms with Gasteiger partial charge in [-0.3, -0.25) is 4.79 Å². The van der Waals surface area contributed by atoms with Crippen LogP contribution in [0, 0.1) is 11.2 Å². The highest BCUT2D eigenvalue weighted by Gasteiger charge is 2.53. The minimum absolute atomic E-state index is 0.0675. The van der Waals surface area contributed by atoms with E-state index in [0.717, 1.165) is 6.26 Å². The van der Waals surface area contributed by atoms with Crippen molar-refractivity contribution in [2.45, 2.75) is 50.1 Å². The van der Waals surface area contributed by atoms with Crippen molar-refractivity contribution in [2.75, 3.05) is 11.6 Å². The molecule has 5 nitrogen and oxygen atoms in total. The van der Waals surface area contributed by atoms with Crippen molar-refractivity contribution in [2.24, 2.45) is 5.41 Å². The second-order valence-electron chi connectivity index (χ2n) is 9.55. The number of carbonyl (C=O) groups is 1. The summed E-state index contributed by atoms with van der Waals surface area (Å²) in [7, 11) is -3.70. The highest BCUT2D eigenvalue weighted by molar-refractivity contribution is 7.90. The molecule has 0 unspecified atom stereocenters. The van der Waals surface area contributed by atoms with Crippen LogP contribution in [-0.4, -0.2) is 25.4 Å². The number of halogens is 4. The molecule has 1 N–H and O–H groups in total. The molecule has 1 aromatic heterocycles. The van der Waals surface area contributed by atoms with Gasteiger partial charge in [-0.25, -0.2) is 17.8 Å². The second kappa shape index (κ2) is 7.12. The first-order valence-corrected chi connectivity index (χ1v) is 12.1. The molecule has 0 radical (unpaired) electrons. The molecule has 10 heteroatoms. The summed E-state index contributed by atoms with van der Waals surface area (Å²) in [5.74, 6) is -2.16. The maximum atomic E-state index is 14.6. The maximum Gasteiger partial charge on any atom is 0.419 e. The van der Waals surface area contributed by atoms with Crippen LogP contribution >= 0.6 is 0 Å². The van der Waals surface area contributed by atoms with E-state index in [1.807, 2.05) is 13.8 Å². The number of pyridine rings is 1. The number of hydrogen-bond acceptors (Lipinski definition) is 5. The summed E-state index contributed by atoms with van der Waals surface area (Å²) in [6.07, 6.45) is -3.16. The molecule has 1 aromatic carbocycles. The van der Waals surface area contributed by atoms with E-state index < -0.39 is 43.8 Å². The van der Waals surface area contributed by atoms with Crippen LogP contribution in [0.3, 0.4) is 0 Å². The number of rotatable bonds is 2. The number of anilines is 1. The van der Waals surface area contributed by atoms with Crippen molar-refractivity contribution in [3.05, 3.63) is 64.2 Å². The van der Waals surface area contributed by atoms with Gasteiger partial charge >= 0.3 is 6.18 Å². The molecule has 0 bridgehead atoms. The van der Waals surface area contributed by atoms with Crippen molar-refractivity contribution in [3.63, 3.8) is 0 Å². The van der Waals surface area contributed by atoms with E-state index in [4.69, 9.17) is 0 Å². The average molecular weight is 482 g/mol. The second-order valence-corrected chi connectivity index (χ2v) is 11.6. The predicted octanol–water partition coefficient (Wildman–Crippen LogP) is 5.02. The molecule has 1 aliphatic heterocycles. The van der Waals surface area contributed by atoms with Crippen molar-refractivity contribution >= 4 is 21.4 Å². The van der Waals surface area contributed by atoms with Crippen molar-refractivity contribution in [3.8, 4) is 0 Å². The Bertz CT molecular complexity index is 1330. The molecular weight excluding hydrogens is 460 g/mol. The number of ketones is 1. The van der Waals surface area contributed by atoms with Crippen LogP contribution < -0.4 is 5.32 Å². The zero-order valence-corrected chi connectivity index (χ0v) is 19.2. The SMILES string of the molecule is CC1(C)CC(=O)C2=C(C1)Nc1ncc(F)c(C(F)(F)F)c1[C@]2(C)c1cccc(S(C)(=O)=O)c1. The fourth-order valence-electron chi connectivity index (χ4n) is 4.95. The summed E-state index contributed by atoms with van der Waals surface area (Å²) in [4.78, 5) is 17.1. The summed E-state index contributed by atoms with van der Waals surface area (Å²) in [5, 5.41) is 2.86. The number of allylic oxidation sites excluding steroid dienone is 2. The highest BCUT2D eigenvalue weighted by atomic mass is 32.2. The quantitative estimate of drug-likeness (QED) is 0.609. The molecule has 4 rings (SSSR count). The largest absolute Gasteiger partial charge is 0.419 e. The van der Waals surface area contributed by atoms with Gasteiger partial charge in [0.15, 0.2) is 21.4 Å². The summed E-state index contributed by atoms with van der Waals surface area (Å²) in [5.41, 5.74) is -3.70. The number of fused-ring (bicyclic) bond motifs is 1. The maximum absolute atomic E-state index is 14.6. The van der Waals surface area contributed by atoms with Gasteiger partial charge in [-0.2, -0.15) is 13.2 Å². The minimum atomic E-state index is -5.08. The van der Waals surface area contributed by atoms with E-state index in [9.17, 15) is 30.8 Å². The van der Waals surface area contributed by atoms with Gasteiger partial charge in [0.25, 0.3) is 0 Å². The zero-order valence-electron chi connectivity index (χ0n) is 18.4. The number of carbonyl (C=O) groups excluding carboxylic acids is 1. The van der Waals surface area contributed by atoms with E-state index >= 15 is 0 Å². The normalized spacial score (nSPS) is 22.5. The topological polar surface area (TPSA) is 76.1 Å². The lowest BCUT2D eigenvalue weighted by Crippen LogP contribution is -2.43. The van der Waals surface area contributed by atoms with Gasteiger partial charge in [-0.1, -0.05) is 26.0 Å². The number of aromatic nitrogens is 1.